The van der Waals surface area contributed by atoms with Crippen molar-refractivity contribution in [3.63, 3.8) is 0 Å². The summed E-state index contributed by atoms with van der Waals surface area (Å²) in [7, 11) is 0. The number of nitriles is 1. The van der Waals surface area contributed by atoms with Crippen LogP contribution in [-0.2, 0) is 14.3 Å². The van der Waals surface area contributed by atoms with Crippen molar-refractivity contribution in [2.45, 2.75) is 58.6 Å². The summed E-state index contributed by atoms with van der Waals surface area (Å²) in [6, 6.07) is 1.53. The molecule has 0 heterocycles. The van der Waals surface area contributed by atoms with Crippen LogP contribution >= 0.6 is 0 Å². The fourth-order valence-electron chi connectivity index (χ4n) is 1.36. The fourth-order valence-corrected chi connectivity index (χ4v) is 1.36. The summed E-state index contributed by atoms with van der Waals surface area (Å²) in [6.07, 6.45) is 0.0724. The lowest BCUT2D eigenvalue weighted by atomic mass is 10.1. The first kappa shape index (κ1) is 17.2. The van der Waals surface area contributed by atoms with Crippen LogP contribution in [0.5, 0.6) is 0 Å². The van der Waals surface area contributed by atoms with Gasteiger partial charge < -0.3 is 14.8 Å². The van der Waals surface area contributed by atoms with Crippen LogP contribution in [0, 0.1) is 11.3 Å². The Hall–Kier alpha value is -1.77. The van der Waals surface area contributed by atoms with Crippen molar-refractivity contribution >= 4 is 12.1 Å². The Morgan fingerprint density at radius 3 is 2.47 bits per heavy atom. The summed E-state index contributed by atoms with van der Waals surface area (Å²) in [6.45, 7) is 7.26. The van der Waals surface area contributed by atoms with Gasteiger partial charge >= 0.3 is 12.1 Å². The molecule has 0 saturated heterocycles. The topological polar surface area (TPSA) is 88.4 Å². The number of ether oxygens (including phenoxy) is 2. The number of carbonyl (C=O) groups excluding carboxylic acids is 2. The van der Waals surface area contributed by atoms with Gasteiger partial charge in [0, 0.05) is 12.5 Å². The standard InChI is InChI=1S/C13H22N2O4/c1-5-18-11(16)9-10(7-6-8-14)15-12(17)19-13(2,3)4/h10H,5-7,9H2,1-4H3,(H,15,17). The highest BCUT2D eigenvalue weighted by Crippen LogP contribution is 2.09. The van der Waals surface area contributed by atoms with E-state index in [-0.39, 0.29) is 19.4 Å². The van der Waals surface area contributed by atoms with Crippen molar-refractivity contribution < 1.29 is 19.1 Å². The summed E-state index contributed by atoms with van der Waals surface area (Å²) in [5.41, 5.74) is -0.603. The molecular formula is C13H22N2O4. The van der Waals surface area contributed by atoms with E-state index in [1.807, 2.05) is 6.07 Å². The molecule has 0 saturated carbocycles. The van der Waals surface area contributed by atoms with E-state index in [0.717, 1.165) is 0 Å². The van der Waals surface area contributed by atoms with E-state index in [0.29, 0.717) is 6.42 Å². The van der Waals surface area contributed by atoms with Crippen molar-refractivity contribution in [3.8, 4) is 6.07 Å². The smallest absolute Gasteiger partial charge is 0.407 e. The SMILES string of the molecule is CCOC(=O)CC(CCC#N)NC(=O)OC(C)(C)C. The van der Waals surface area contributed by atoms with Gasteiger partial charge in [0.05, 0.1) is 19.1 Å². The Bertz CT molecular complexity index is 342. The Labute approximate surface area is 114 Å². The number of nitrogens with zero attached hydrogens (tertiary/aromatic N) is 1. The van der Waals surface area contributed by atoms with Crippen molar-refractivity contribution in [2.24, 2.45) is 0 Å². The van der Waals surface area contributed by atoms with Gasteiger partial charge in [-0.1, -0.05) is 0 Å². The van der Waals surface area contributed by atoms with E-state index in [2.05, 4.69) is 5.32 Å². The second-order valence-corrected chi connectivity index (χ2v) is 5.05. The summed E-state index contributed by atoms with van der Waals surface area (Å²) in [5, 5.41) is 11.1. The van der Waals surface area contributed by atoms with Gasteiger partial charge in [-0.25, -0.2) is 4.79 Å². The molecule has 1 unspecified atom stereocenters. The molecule has 0 aliphatic carbocycles. The second kappa shape index (κ2) is 8.35. The molecule has 108 valence electrons. The molecule has 0 bridgehead atoms. The molecular weight excluding hydrogens is 248 g/mol. The summed E-state index contributed by atoms with van der Waals surface area (Å²) in [4.78, 5) is 23.0. The normalized spacial score (nSPS) is 12.2. The molecule has 0 aromatic rings. The molecule has 1 N–H and O–H groups in total. The van der Waals surface area contributed by atoms with Crippen LogP contribution in [0.25, 0.3) is 0 Å². The Morgan fingerprint density at radius 2 is 2.00 bits per heavy atom. The molecule has 0 rings (SSSR count). The maximum atomic E-state index is 11.6. The van der Waals surface area contributed by atoms with Crippen LogP contribution in [0.3, 0.4) is 0 Å². The molecule has 19 heavy (non-hydrogen) atoms. The first-order valence-corrected chi connectivity index (χ1v) is 6.30. The average molecular weight is 270 g/mol. The van der Waals surface area contributed by atoms with Crippen LogP contribution in [0.4, 0.5) is 4.79 Å². The van der Waals surface area contributed by atoms with E-state index >= 15 is 0 Å². The van der Waals surface area contributed by atoms with Crippen LogP contribution in [-0.4, -0.2) is 30.3 Å². The molecule has 0 aromatic carbocycles. The molecule has 0 aliphatic rings. The lowest BCUT2D eigenvalue weighted by Gasteiger charge is -2.22. The van der Waals surface area contributed by atoms with E-state index in [4.69, 9.17) is 14.7 Å². The quantitative estimate of drug-likeness (QED) is 0.747. The summed E-state index contributed by atoms with van der Waals surface area (Å²) >= 11 is 0. The van der Waals surface area contributed by atoms with Gasteiger partial charge in [-0.15, -0.1) is 0 Å². The molecule has 6 nitrogen and oxygen atoms in total. The maximum absolute atomic E-state index is 11.6. The Kier molecular flexibility index (Phi) is 7.57. The van der Waals surface area contributed by atoms with Gasteiger partial charge in [0.2, 0.25) is 0 Å². The van der Waals surface area contributed by atoms with E-state index in [1.165, 1.54) is 0 Å². The number of rotatable bonds is 6. The van der Waals surface area contributed by atoms with E-state index in [9.17, 15) is 9.59 Å². The summed E-state index contributed by atoms with van der Waals surface area (Å²) in [5.74, 6) is -0.401. The van der Waals surface area contributed by atoms with Gasteiger partial charge in [-0.2, -0.15) is 5.26 Å². The van der Waals surface area contributed by atoms with Gasteiger partial charge in [0.25, 0.3) is 0 Å². The fraction of sp³-hybridized carbons (Fsp3) is 0.769. The van der Waals surface area contributed by atoms with Crippen LogP contribution in [0.15, 0.2) is 0 Å². The number of hydrogen-bond acceptors (Lipinski definition) is 5. The third kappa shape index (κ3) is 9.89. The molecule has 6 heteroatoms. The lowest BCUT2D eigenvalue weighted by Crippen LogP contribution is -2.40. The highest BCUT2D eigenvalue weighted by Gasteiger charge is 2.21. The number of nitrogens with one attached hydrogen (secondary N) is 1. The molecule has 0 spiro atoms. The van der Waals surface area contributed by atoms with Crippen molar-refractivity contribution in [2.75, 3.05) is 6.61 Å². The summed E-state index contributed by atoms with van der Waals surface area (Å²) < 4.78 is 9.93. The Morgan fingerprint density at radius 1 is 1.37 bits per heavy atom. The second-order valence-electron chi connectivity index (χ2n) is 5.05. The molecule has 0 radical (unpaired) electrons. The zero-order chi connectivity index (χ0) is 14.9. The largest absolute Gasteiger partial charge is 0.466 e. The number of amides is 1. The number of esters is 1. The van der Waals surface area contributed by atoms with Crippen molar-refractivity contribution in [1.82, 2.24) is 5.32 Å². The minimum atomic E-state index is -0.603. The van der Waals surface area contributed by atoms with Gasteiger partial charge in [0.1, 0.15) is 5.60 Å². The van der Waals surface area contributed by atoms with Crippen molar-refractivity contribution in [3.05, 3.63) is 0 Å². The number of hydrogen-bond donors (Lipinski definition) is 1. The van der Waals surface area contributed by atoms with Crippen LogP contribution < -0.4 is 5.32 Å². The zero-order valence-corrected chi connectivity index (χ0v) is 12.0. The van der Waals surface area contributed by atoms with Crippen LogP contribution in [0.2, 0.25) is 0 Å². The average Bonchev–Trinajstić information content (AvgIpc) is 2.23. The molecule has 0 fully saturated rings. The Balaban J connectivity index is 4.38. The zero-order valence-electron chi connectivity index (χ0n) is 12.0. The first-order chi connectivity index (χ1) is 8.78. The number of carbonyl (C=O) groups is 2. The van der Waals surface area contributed by atoms with E-state index in [1.54, 1.807) is 27.7 Å². The monoisotopic (exact) mass is 270 g/mol. The third-order valence-electron chi connectivity index (χ3n) is 2.04. The molecule has 1 atom stereocenters. The predicted octanol–water partition coefficient (Wildman–Crippen LogP) is 2.14. The molecule has 1 amide bonds. The lowest BCUT2D eigenvalue weighted by molar-refractivity contribution is -0.143. The maximum Gasteiger partial charge on any atom is 0.407 e. The molecule has 0 aromatic heterocycles. The molecule has 0 aliphatic heterocycles. The predicted molar refractivity (Wildman–Crippen MR) is 69.3 cm³/mol. The van der Waals surface area contributed by atoms with Crippen molar-refractivity contribution in [1.29, 1.82) is 5.26 Å². The van der Waals surface area contributed by atoms with E-state index < -0.39 is 23.7 Å². The van der Waals surface area contributed by atoms with Gasteiger partial charge in [0.15, 0.2) is 0 Å². The van der Waals surface area contributed by atoms with Gasteiger partial charge in [-0.3, -0.25) is 4.79 Å². The highest BCUT2D eigenvalue weighted by molar-refractivity contribution is 5.72. The third-order valence-corrected chi connectivity index (χ3v) is 2.04. The highest BCUT2D eigenvalue weighted by atomic mass is 16.6. The minimum absolute atomic E-state index is 0.0365. The number of alkyl carbamates (subject to hydrolysis) is 1. The van der Waals surface area contributed by atoms with Gasteiger partial charge in [-0.05, 0) is 34.1 Å². The van der Waals surface area contributed by atoms with Crippen LogP contribution in [0.1, 0.15) is 47.0 Å². The minimum Gasteiger partial charge on any atom is -0.466 e. The first-order valence-electron chi connectivity index (χ1n) is 6.30.